The second kappa shape index (κ2) is 27.7. The summed E-state index contributed by atoms with van der Waals surface area (Å²) in [5.74, 6) is 0. The normalized spacial score (nSPS) is 12.9. The number of para-hydroxylation sites is 2. The Bertz CT molecular complexity index is 7380. The maximum absolute atomic E-state index is 6.98. The van der Waals surface area contributed by atoms with Gasteiger partial charge in [-0.15, -0.1) is 0 Å². The van der Waals surface area contributed by atoms with E-state index in [0.717, 1.165) is 128 Å². The fraction of sp³-hybridized carbons (Fsp3) is 0.0175. The van der Waals surface area contributed by atoms with Gasteiger partial charge in [0.2, 0.25) is 0 Å². The molecule has 0 unspecified atom stereocenters. The van der Waals surface area contributed by atoms with Gasteiger partial charge in [0.25, 0.3) is 0 Å². The maximum Gasteiger partial charge on any atom is 0.143 e. The molecule has 552 valence electrons. The molecule has 2 aliphatic rings. The smallest absolute Gasteiger partial charge is 0.143 e. The summed E-state index contributed by atoms with van der Waals surface area (Å²) in [6.07, 6.45) is 0. The quantitative estimate of drug-likeness (QED) is 0.102. The lowest BCUT2D eigenvalue weighted by atomic mass is 9.67. The summed E-state index contributed by atoms with van der Waals surface area (Å²) in [6, 6.07) is 165. The summed E-state index contributed by atoms with van der Waals surface area (Å²) >= 11 is 0. The van der Waals surface area contributed by atoms with Gasteiger partial charge in [0.1, 0.15) is 22.3 Å². The van der Waals surface area contributed by atoms with E-state index in [4.69, 9.17) is 8.83 Å². The molecule has 0 N–H and O–H groups in total. The molecule has 23 rings (SSSR count). The number of hydrogen-bond acceptors (Lipinski definition) is 4. The van der Waals surface area contributed by atoms with Crippen LogP contribution in [0.1, 0.15) is 44.5 Å². The van der Waals surface area contributed by atoms with Crippen LogP contribution in [-0.2, 0) is 10.8 Å². The fourth-order valence-corrected chi connectivity index (χ4v) is 19.6. The van der Waals surface area contributed by atoms with Crippen LogP contribution in [-0.4, -0.2) is 0 Å². The number of fused-ring (bicyclic) bond motifs is 13. The number of rotatable bonds is 15. The Morgan fingerprint density at radius 3 is 1.01 bits per heavy atom. The SMILES string of the molecule is c1ccc(C2(c3ccccc3)c3ccccc3-c3ccc(N(c4ccc(-c5cccc(-c6cccc7c6oc6ccc(-c8ccc(N(c9ccc(-c%10ccc%11ccccc%11c%10)cc9)c9ccc%10c(c9)C(c9ccccc9)(c9ccccc9)c9ccccc9-%10)cc8)cc67)c5)cc4)c4ccc(-c5ccc6oc7ccccc7c6c5)cc4)cc32)cc1. The van der Waals surface area contributed by atoms with Crippen molar-refractivity contribution in [2.45, 2.75) is 10.8 Å². The van der Waals surface area contributed by atoms with E-state index in [1.807, 2.05) is 12.1 Å². The van der Waals surface area contributed by atoms with Gasteiger partial charge in [-0.3, -0.25) is 0 Å². The second-order valence-corrected chi connectivity index (χ2v) is 31.3. The first-order valence-electron chi connectivity index (χ1n) is 40.7. The van der Waals surface area contributed by atoms with E-state index in [1.165, 1.54) is 83.1 Å². The highest BCUT2D eigenvalue weighted by Gasteiger charge is 2.48. The van der Waals surface area contributed by atoms with Crippen LogP contribution >= 0.6 is 0 Å². The van der Waals surface area contributed by atoms with Crippen molar-refractivity contribution in [2.75, 3.05) is 9.80 Å². The topological polar surface area (TPSA) is 32.8 Å². The van der Waals surface area contributed by atoms with Crippen molar-refractivity contribution in [1.29, 1.82) is 0 Å². The van der Waals surface area contributed by atoms with Gasteiger partial charge in [0, 0.05) is 61.2 Å². The molecule has 4 nitrogen and oxygen atoms in total. The van der Waals surface area contributed by atoms with Crippen molar-refractivity contribution < 1.29 is 8.83 Å². The third kappa shape index (κ3) is 11.0. The molecule has 0 saturated carbocycles. The Morgan fingerprint density at radius 1 is 0.169 bits per heavy atom. The summed E-state index contributed by atoms with van der Waals surface area (Å²) in [5.41, 5.74) is 34.8. The Morgan fingerprint density at radius 2 is 0.508 bits per heavy atom. The van der Waals surface area contributed by atoms with Crippen LogP contribution in [0.3, 0.4) is 0 Å². The van der Waals surface area contributed by atoms with Crippen LogP contribution in [0.25, 0.3) is 133 Å². The molecule has 0 atom stereocenters. The molecular weight excluding hydrogens is 1430 g/mol. The zero-order valence-corrected chi connectivity index (χ0v) is 64.4. The predicted octanol–water partition coefficient (Wildman–Crippen LogP) is 30.6. The Kier molecular flexibility index (Phi) is 16.0. The van der Waals surface area contributed by atoms with Gasteiger partial charge in [0.15, 0.2) is 0 Å². The standard InChI is InChI=1S/C114H74N2O2/c1-5-27-86(28-6-1)113(87-29-7-2-8-30-87)105-40-18-15-35-97(105)99-65-63-94(73-107(99)113)115(92-59-49-78(50-60-92)83-53-67-110-103(71-83)101-37-17-20-42-109(101)117-110)90-55-45-76(46-56-90)81-25-21-26-85(70-81)96-38-22-39-102-104-72-84(54-68-111(104)118-112(96)102)79-51-61-93(62-52-79)116(91-57-47-77(48-58-91)82-44-43-75-23-13-14-24-80(75)69-82)95-64-66-100-98-36-16-19-41-106(98)114(108(100)74-95,88-31-9-3-10-32-88)89-33-11-4-12-34-89/h1-74H. The van der Waals surface area contributed by atoms with Crippen LogP contribution in [0.15, 0.2) is 458 Å². The Labute approximate surface area is 685 Å². The summed E-state index contributed by atoms with van der Waals surface area (Å²) in [7, 11) is 0. The van der Waals surface area contributed by atoms with E-state index >= 15 is 0 Å². The number of furan rings is 2. The molecule has 118 heavy (non-hydrogen) atoms. The number of anilines is 6. The lowest BCUT2D eigenvalue weighted by molar-refractivity contribution is 0.669. The lowest BCUT2D eigenvalue weighted by Crippen LogP contribution is -2.28. The van der Waals surface area contributed by atoms with E-state index < -0.39 is 10.8 Å². The average molecular weight is 1500 g/mol. The van der Waals surface area contributed by atoms with Gasteiger partial charge in [-0.2, -0.15) is 0 Å². The number of benzene rings is 19. The average Bonchev–Trinajstić information content (AvgIpc) is 1.54. The van der Waals surface area contributed by atoms with E-state index in [-0.39, 0.29) is 0 Å². The first-order valence-corrected chi connectivity index (χ1v) is 40.7. The van der Waals surface area contributed by atoms with Gasteiger partial charge >= 0.3 is 0 Å². The summed E-state index contributed by atoms with van der Waals surface area (Å²) in [6.45, 7) is 0. The highest BCUT2D eigenvalue weighted by molar-refractivity contribution is 6.11. The monoisotopic (exact) mass is 1500 g/mol. The second-order valence-electron chi connectivity index (χ2n) is 31.3. The molecule has 0 bridgehead atoms. The molecule has 19 aromatic carbocycles. The van der Waals surface area contributed by atoms with E-state index in [0.29, 0.717) is 0 Å². The van der Waals surface area contributed by atoms with Crippen molar-refractivity contribution >= 4 is 88.8 Å². The van der Waals surface area contributed by atoms with Crippen LogP contribution in [0.5, 0.6) is 0 Å². The van der Waals surface area contributed by atoms with Crippen LogP contribution in [0.2, 0.25) is 0 Å². The molecule has 2 aliphatic carbocycles. The molecule has 0 radical (unpaired) electrons. The molecule has 2 aromatic heterocycles. The molecule has 21 aromatic rings. The third-order valence-electron chi connectivity index (χ3n) is 25.0. The van der Waals surface area contributed by atoms with Crippen molar-refractivity contribution in [3.63, 3.8) is 0 Å². The highest BCUT2D eigenvalue weighted by Crippen LogP contribution is 2.60. The first-order chi connectivity index (χ1) is 58.5. The minimum absolute atomic E-state index is 0.561. The molecular formula is C114H74N2O2. The molecule has 2 heterocycles. The van der Waals surface area contributed by atoms with Crippen molar-refractivity contribution in [2.24, 2.45) is 0 Å². The summed E-state index contributed by atoms with van der Waals surface area (Å²) in [4.78, 5) is 4.84. The molecule has 0 spiro atoms. The predicted molar refractivity (Wildman–Crippen MR) is 490 cm³/mol. The van der Waals surface area contributed by atoms with Gasteiger partial charge < -0.3 is 18.6 Å². The zero-order chi connectivity index (χ0) is 77.8. The van der Waals surface area contributed by atoms with Crippen molar-refractivity contribution in [3.05, 3.63) is 493 Å². The van der Waals surface area contributed by atoms with E-state index in [1.54, 1.807) is 0 Å². The Balaban J connectivity index is 0.586. The number of nitrogens with zero attached hydrogens (tertiary/aromatic N) is 2. The molecule has 0 fully saturated rings. The first kappa shape index (κ1) is 68.3. The van der Waals surface area contributed by atoms with Crippen molar-refractivity contribution in [1.82, 2.24) is 0 Å². The van der Waals surface area contributed by atoms with Gasteiger partial charge in [0.05, 0.1) is 10.8 Å². The van der Waals surface area contributed by atoms with Gasteiger partial charge in [-0.1, -0.05) is 334 Å². The molecule has 0 aliphatic heterocycles. The van der Waals surface area contributed by atoms with Crippen molar-refractivity contribution in [3.8, 4) is 77.9 Å². The maximum atomic E-state index is 6.98. The minimum atomic E-state index is -0.572. The van der Waals surface area contributed by atoms with Gasteiger partial charge in [-0.05, 0) is 243 Å². The number of hydrogen-bond donors (Lipinski definition) is 0. The molecule has 4 heteroatoms. The minimum Gasteiger partial charge on any atom is -0.456 e. The van der Waals surface area contributed by atoms with E-state index in [9.17, 15) is 0 Å². The Hall–Kier alpha value is -15.4. The third-order valence-corrected chi connectivity index (χ3v) is 25.0. The zero-order valence-electron chi connectivity index (χ0n) is 64.4. The van der Waals surface area contributed by atoms with E-state index in [2.05, 4.69) is 447 Å². The van der Waals surface area contributed by atoms with Gasteiger partial charge in [-0.25, -0.2) is 0 Å². The summed E-state index contributed by atoms with van der Waals surface area (Å²) in [5, 5.41) is 6.82. The fourth-order valence-electron chi connectivity index (χ4n) is 19.6. The highest BCUT2D eigenvalue weighted by atomic mass is 16.3. The summed E-state index contributed by atoms with van der Waals surface area (Å²) < 4.78 is 13.3. The largest absolute Gasteiger partial charge is 0.456 e. The molecule has 0 saturated heterocycles. The van der Waals surface area contributed by atoms with Crippen LogP contribution in [0, 0.1) is 0 Å². The van der Waals surface area contributed by atoms with Crippen LogP contribution < -0.4 is 9.80 Å². The van der Waals surface area contributed by atoms with Crippen LogP contribution in [0.4, 0.5) is 34.1 Å². The lowest BCUT2D eigenvalue weighted by Gasteiger charge is -2.35. The molecule has 0 amide bonds.